The highest BCUT2D eigenvalue weighted by Crippen LogP contribution is 2.33. The minimum Gasteiger partial charge on any atom is -0.495 e. The summed E-state index contributed by atoms with van der Waals surface area (Å²) < 4.78 is 38.8. The van der Waals surface area contributed by atoms with Gasteiger partial charge in [-0.2, -0.15) is 0 Å². The van der Waals surface area contributed by atoms with Crippen molar-refractivity contribution in [3.8, 4) is 11.5 Å². The van der Waals surface area contributed by atoms with Crippen LogP contribution in [-0.2, 0) is 14.8 Å². The number of methoxy groups -OCH3 is 1. The quantitative estimate of drug-likeness (QED) is 0.684. The topological polar surface area (TPSA) is 84.9 Å². The van der Waals surface area contributed by atoms with Crippen LogP contribution in [0.25, 0.3) is 0 Å². The summed E-state index contributed by atoms with van der Waals surface area (Å²) >= 11 is 0. The Labute approximate surface area is 165 Å². The van der Waals surface area contributed by atoms with Gasteiger partial charge in [-0.15, -0.1) is 0 Å². The van der Waals surface area contributed by atoms with Crippen molar-refractivity contribution in [1.29, 1.82) is 0 Å². The first kappa shape index (κ1) is 20.2. The zero-order valence-corrected chi connectivity index (χ0v) is 16.8. The van der Waals surface area contributed by atoms with Gasteiger partial charge < -0.3 is 14.4 Å². The molecule has 8 heteroatoms. The molecule has 0 atom stereocenters. The summed E-state index contributed by atoms with van der Waals surface area (Å²) in [7, 11) is -2.25. The number of hydrogen-bond acceptors (Lipinski definition) is 5. The van der Waals surface area contributed by atoms with Gasteiger partial charge in [0.05, 0.1) is 17.7 Å². The maximum absolute atomic E-state index is 12.6. The summed E-state index contributed by atoms with van der Waals surface area (Å²) in [5.74, 6) is 1.16. The summed E-state index contributed by atoms with van der Waals surface area (Å²) in [6, 6.07) is 12.1. The maximum atomic E-state index is 12.6. The standard InChI is InChI=1S/C20H24N2O5S/c1-15-6-3-4-7-18(15)27-13-11-21-28(24,25)16-9-10-19(26-2)17(14-16)22-12-5-8-20(22)23/h3-4,6-7,9-10,14,21H,5,8,11-13H2,1-2H3. The van der Waals surface area contributed by atoms with Crippen molar-refractivity contribution in [3.05, 3.63) is 48.0 Å². The molecule has 2 aromatic rings. The lowest BCUT2D eigenvalue weighted by atomic mass is 10.2. The first-order chi connectivity index (χ1) is 13.4. The molecule has 0 aliphatic carbocycles. The highest BCUT2D eigenvalue weighted by Gasteiger charge is 2.26. The van der Waals surface area contributed by atoms with Gasteiger partial charge in [-0.1, -0.05) is 18.2 Å². The Hall–Kier alpha value is -2.58. The zero-order valence-electron chi connectivity index (χ0n) is 16.0. The molecular formula is C20H24N2O5S. The predicted molar refractivity (Wildman–Crippen MR) is 106 cm³/mol. The van der Waals surface area contributed by atoms with E-state index >= 15 is 0 Å². The van der Waals surface area contributed by atoms with Crippen LogP contribution in [0.2, 0.25) is 0 Å². The minimum atomic E-state index is -3.74. The Morgan fingerprint density at radius 3 is 2.61 bits per heavy atom. The van der Waals surface area contributed by atoms with E-state index in [9.17, 15) is 13.2 Å². The second-order valence-corrected chi connectivity index (χ2v) is 8.26. The number of amides is 1. The molecule has 0 unspecified atom stereocenters. The zero-order chi connectivity index (χ0) is 20.1. The van der Waals surface area contributed by atoms with Crippen LogP contribution in [0.5, 0.6) is 11.5 Å². The number of para-hydroxylation sites is 1. The largest absolute Gasteiger partial charge is 0.495 e. The number of aryl methyl sites for hydroxylation is 1. The summed E-state index contributed by atoms with van der Waals surface area (Å²) in [5.41, 5.74) is 1.46. The van der Waals surface area contributed by atoms with E-state index in [0.29, 0.717) is 24.4 Å². The Kier molecular flexibility index (Phi) is 6.21. The molecule has 0 radical (unpaired) electrons. The van der Waals surface area contributed by atoms with Crippen molar-refractivity contribution in [2.75, 3.05) is 31.7 Å². The summed E-state index contributed by atoms with van der Waals surface area (Å²) in [5, 5.41) is 0. The van der Waals surface area contributed by atoms with E-state index in [-0.39, 0.29) is 24.0 Å². The fourth-order valence-corrected chi connectivity index (χ4v) is 4.12. The summed E-state index contributed by atoms with van der Waals surface area (Å²) in [4.78, 5) is 13.7. The first-order valence-corrected chi connectivity index (χ1v) is 10.6. The lowest BCUT2D eigenvalue weighted by molar-refractivity contribution is -0.117. The Morgan fingerprint density at radius 1 is 1.14 bits per heavy atom. The Balaban J connectivity index is 1.69. The number of carbonyl (C=O) groups excluding carboxylic acids is 1. The maximum Gasteiger partial charge on any atom is 0.240 e. The van der Waals surface area contributed by atoms with Gasteiger partial charge in [-0.25, -0.2) is 13.1 Å². The van der Waals surface area contributed by atoms with Crippen molar-refractivity contribution >= 4 is 21.6 Å². The van der Waals surface area contributed by atoms with E-state index in [1.165, 1.54) is 19.2 Å². The highest BCUT2D eigenvalue weighted by molar-refractivity contribution is 7.89. The molecule has 1 heterocycles. The van der Waals surface area contributed by atoms with E-state index in [1.54, 1.807) is 11.0 Å². The third-order valence-electron chi connectivity index (χ3n) is 4.57. The molecule has 1 aliphatic rings. The summed E-state index contributed by atoms with van der Waals surface area (Å²) in [6.07, 6.45) is 1.20. The molecule has 28 heavy (non-hydrogen) atoms. The normalized spacial score (nSPS) is 14.4. The average Bonchev–Trinajstić information content (AvgIpc) is 3.11. The van der Waals surface area contributed by atoms with Gasteiger partial charge in [0.15, 0.2) is 0 Å². The number of anilines is 1. The van der Waals surface area contributed by atoms with Crippen LogP contribution >= 0.6 is 0 Å². The molecule has 1 fully saturated rings. The van der Waals surface area contributed by atoms with Crippen LogP contribution in [-0.4, -0.2) is 41.1 Å². The molecule has 1 saturated heterocycles. The van der Waals surface area contributed by atoms with Crippen molar-refractivity contribution in [2.45, 2.75) is 24.7 Å². The molecule has 1 amide bonds. The Morgan fingerprint density at radius 2 is 1.93 bits per heavy atom. The van der Waals surface area contributed by atoms with Gasteiger partial charge in [-0.3, -0.25) is 4.79 Å². The van der Waals surface area contributed by atoms with E-state index < -0.39 is 10.0 Å². The third kappa shape index (κ3) is 4.45. The van der Waals surface area contributed by atoms with Crippen LogP contribution in [0.1, 0.15) is 18.4 Å². The van der Waals surface area contributed by atoms with Gasteiger partial charge in [-0.05, 0) is 43.2 Å². The lowest BCUT2D eigenvalue weighted by Crippen LogP contribution is -2.29. The fourth-order valence-electron chi connectivity index (χ4n) is 3.09. The molecule has 0 aromatic heterocycles. The molecule has 0 bridgehead atoms. The molecule has 1 N–H and O–H groups in total. The smallest absolute Gasteiger partial charge is 0.240 e. The van der Waals surface area contributed by atoms with Gasteiger partial charge in [0, 0.05) is 19.5 Å². The predicted octanol–water partition coefficient (Wildman–Crippen LogP) is 2.49. The van der Waals surface area contributed by atoms with E-state index in [2.05, 4.69) is 4.72 Å². The lowest BCUT2D eigenvalue weighted by Gasteiger charge is -2.20. The highest BCUT2D eigenvalue weighted by atomic mass is 32.2. The number of hydrogen-bond donors (Lipinski definition) is 1. The molecule has 2 aromatic carbocycles. The van der Waals surface area contributed by atoms with Crippen LogP contribution in [0.15, 0.2) is 47.4 Å². The number of nitrogens with one attached hydrogen (secondary N) is 1. The van der Waals surface area contributed by atoms with Crippen molar-refractivity contribution < 1.29 is 22.7 Å². The van der Waals surface area contributed by atoms with Gasteiger partial charge in [0.2, 0.25) is 15.9 Å². The number of carbonyl (C=O) groups is 1. The van der Waals surface area contributed by atoms with Crippen LogP contribution < -0.4 is 19.1 Å². The molecule has 0 spiro atoms. The van der Waals surface area contributed by atoms with Crippen molar-refractivity contribution in [3.63, 3.8) is 0 Å². The van der Waals surface area contributed by atoms with E-state index in [0.717, 1.165) is 17.7 Å². The second-order valence-electron chi connectivity index (χ2n) is 6.49. The third-order valence-corrected chi connectivity index (χ3v) is 6.03. The van der Waals surface area contributed by atoms with E-state index in [1.807, 2.05) is 31.2 Å². The molecular weight excluding hydrogens is 380 g/mol. The molecule has 7 nitrogen and oxygen atoms in total. The second kappa shape index (κ2) is 8.62. The monoisotopic (exact) mass is 404 g/mol. The minimum absolute atomic E-state index is 0.0348. The number of benzene rings is 2. The first-order valence-electron chi connectivity index (χ1n) is 9.09. The SMILES string of the molecule is COc1ccc(S(=O)(=O)NCCOc2ccccc2C)cc1N1CCCC1=O. The molecule has 150 valence electrons. The molecule has 0 saturated carbocycles. The molecule has 3 rings (SSSR count). The number of sulfonamides is 1. The fraction of sp³-hybridized carbons (Fsp3) is 0.350. The average molecular weight is 404 g/mol. The van der Waals surface area contributed by atoms with Crippen molar-refractivity contribution in [2.24, 2.45) is 0 Å². The van der Waals surface area contributed by atoms with Crippen LogP contribution in [0.3, 0.4) is 0 Å². The van der Waals surface area contributed by atoms with Crippen molar-refractivity contribution in [1.82, 2.24) is 4.72 Å². The number of ether oxygens (including phenoxy) is 2. The summed E-state index contributed by atoms with van der Waals surface area (Å²) in [6.45, 7) is 2.81. The van der Waals surface area contributed by atoms with Crippen LogP contribution in [0.4, 0.5) is 5.69 Å². The van der Waals surface area contributed by atoms with Crippen LogP contribution in [0, 0.1) is 6.92 Å². The van der Waals surface area contributed by atoms with E-state index in [4.69, 9.17) is 9.47 Å². The van der Waals surface area contributed by atoms with Gasteiger partial charge in [0.1, 0.15) is 18.1 Å². The number of nitrogens with zero attached hydrogens (tertiary/aromatic N) is 1. The van der Waals surface area contributed by atoms with Gasteiger partial charge in [0.25, 0.3) is 0 Å². The molecule has 1 aliphatic heterocycles. The van der Waals surface area contributed by atoms with Gasteiger partial charge >= 0.3 is 0 Å². The number of rotatable bonds is 8. The Bertz CT molecular complexity index is 959.